The smallest absolute Gasteiger partial charge is 0.241 e. The van der Waals surface area contributed by atoms with Gasteiger partial charge >= 0.3 is 0 Å². The van der Waals surface area contributed by atoms with Crippen LogP contribution in [0.5, 0.6) is 0 Å². The monoisotopic (exact) mass is 297 g/mol. The molecule has 0 aromatic heterocycles. The molecule has 1 rings (SSSR count). The Hall–Kier alpha value is -1.49. The van der Waals surface area contributed by atoms with Gasteiger partial charge in [0.05, 0.1) is 12.1 Å². The van der Waals surface area contributed by atoms with E-state index in [-0.39, 0.29) is 12.2 Å². The molecule has 0 heterocycles. The number of anilines is 1. The fraction of sp³-hybridized carbons (Fsp3) is 0.250. The fourth-order valence-corrected chi connectivity index (χ4v) is 1.65. The van der Waals surface area contributed by atoms with Crippen molar-refractivity contribution in [2.24, 2.45) is 0 Å². The van der Waals surface area contributed by atoms with Crippen molar-refractivity contribution in [1.82, 2.24) is 0 Å². The van der Waals surface area contributed by atoms with Crippen LogP contribution in [0, 0.1) is 0 Å². The number of carbonyl (C=O) groups excluding carboxylic acids is 3. The topological polar surface area (TPSA) is 54.5 Å². The maximum absolute atomic E-state index is 11.8. The lowest BCUT2D eigenvalue weighted by Gasteiger charge is -2.18. The average Bonchev–Trinajstić information content (AvgIpc) is 2.19. The summed E-state index contributed by atoms with van der Waals surface area (Å²) in [7, 11) is 0. The highest BCUT2D eigenvalue weighted by Gasteiger charge is 2.20. The zero-order valence-corrected chi connectivity index (χ0v) is 11.2. The molecule has 0 aliphatic rings. The molecule has 0 spiro atoms. The third-order valence-electron chi connectivity index (χ3n) is 2.05. The van der Waals surface area contributed by atoms with Gasteiger partial charge in [-0.2, -0.15) is 0 Å². The van der Waals surface area contributed by atoms with Gasteiger partial charge in [-0.15, -0.1) is 0 Å². The third kappa shape index (κ3) is 3.78. The minimum atomic E-state index is -0.507. The first-order valence-corrected chi connectivity index (χ1v) is 5.79. The number of hydrogen-bond donors (Lipinski definition) is 0. The van der Waals surface area contributed by atoms with Gasteiger partial charge in [-0.05, 0) is 31.2 Å². The molecule has 2 amide bonds. The number of carbonyl (C=O) groups is 3. The van der Waals surface area contributed by atoms with E-state index in [4.69, 9.17) is 0 Å². The lowest BCUT2D eigenvalue weighted by molar-refractivity contribution is -0.128. The molecule has 0 saturated heterocycles. The summed E-state index contributed by atoms with van der Waals surface area (Å²) in [6.07, 6.45) is -0.268. The van der Waals surface area contributed by atoms with Crippen LogP contribution in [0.2, 0.25) is 0 Å². The molecule has 0 aliphatic heterocycles. The second-order valence-electron chi connectivity index (χ2n) is 3.60. The summed E-state index contributed by atoms with van der Waals surface area (Å²) in [5.41, 5.74) is 0.465. The van der Waals surface area contributed by atoms with E-state index in [1.165, 1.54) is 13.8 Å². The SMILES string of the molecule is CC(=O)CC(=O)N(C(C)=O)c1ccc(Br)cc1. The Kier molecular flexibility index (Phi) is 4.57. The summed E-state index contributed by atoms with van der Waals surface area (Å²) >= 11 is 3.27. The highest BCUT2D eigenvalue weighted by Crippen LogP contribution is 2.19. The summed E-state index contributed by atoms with van der Waals surface area (Å²) in [4.78, 5) is 35.1. The number of amides is 2. The van der Waals surface area contributed by atoms with Crippen molar-refractivity contribution in [3.63, 3.8) is 0 Å². The lowest BCUT2D eigenvalue weighted by Crippen LogP contribution is -2.36. The van der Waals surface area contributed by atoms with E-state index in [0.717, 1.165) is 9.37 Å². The van der Waals surface area contributed by atoms with Gasteiger partial charge in [-0.1, -0.05) is 15.9 Å². The first kappa shape index (κ1) is 13.6. The Balaban J connectivity index is 3.01. The molecule has 0 N–H and O–H groups in total. The van der Waals surface area contributed by atoms with Gasteiger partial charge in [-0.3, -0.25) is 19.3 Å². The van der Waals surface area contributed by atoms with Gasteiger partial charge in [0.1, 0.15) is 5.78 Å². The molecule has 90 valence electrons. The van der Waals surface area contributed by atoms with Crippen LogP contribution < -0.4 is 4.90 Å². The quantitative estimate of drug-likeness (QED) is 0.805. The number of hydrogen-bond acceptors (Lipinski definition) is 3. The summed E-state index contributed by atoms with van der Waals surface area (Å²) < 4.78 is 0.851. The van der Waals surface area contributed by atoms with Crippen LogP contribution in [0.1, 0.15) is 20.3 Å². The van der Waals surface area contributed by atoms with Crippen molar-refractivity contribution in [2.75, 3.05) is 4.90 Å². The normalized spacial score (nSPS) is 9.82. The summed E-state index contributed by atoms with van der Waals surface area (Å²) in [6.45, 7) is 2.61. The second kappa shape index (κ2) is 5.72. The maximum Gasteiger partial charge on any atom is 0.241 e. The number of ketones is 1. The van der Waals surface area contributed by atoms with E-state index in [1.54, 1.807) is 24.3 Å². The lowest BCUT2D eigenvalue weighted by atomic mass is 10.2. The van der Waals surface area contributed by atoms with Gasteiger partial charge in [0.25, 0.3) is 0 Å². The molecule has 1 aromatic carbocycles. The molecule has 17 heavy (non-hydrogen) atoms. The highest BCUT2D eigenvalue weighted by atomic mass is 79.9. The minimum absolute atomic E-state index is 0.265. The number of rotatable bonds is 3. The third-order valence-corrected chi connectivity index (χ3v) is 2.58. The van der Waals surface area contributed by atoms with Crippen LogP contribution in [0.15, 0.2) is 28.7 Å². The van der Waals surface area contributed by atoms with E-state index in [1.807, 2.05) is 0 Å². The number of Topliss-reactive ketones (excluding diaryl/α,β-unsaturated/α-hetero) is 1. The van der Waals surface area contributed by atoms with Crippen molar-refractivity contribution in [3.05, 3.63) is 28.7 Å². The average molecular weight is 298 g/mol. The molecule has 0 radical (unpaired) electrons. The van der Waals surface area contributed by atoms with E-state index < -0.39 is 11.8 Å². The minimum Gasteiger partial charge on any atom is -0.299 e. The fourth-order valence-electron chi connectivity index (χ4n) is 1.38. The highest BCUT2D eigenvalue weighted by molar-refractivity contribution is 9.10. The predicted molar refractivity (Wildman–Crippen MR) is 67.6 cm³/mol. The van der Waals surface area contributed by atoms with Crippen LogP contribution in [0.3, 0.4) is 0 Å². The molecule has 0 unspecified atom stereocenters. The zero-order chi connectivity index (χ0) is 13.0. The molecule has 0 saturated carbocycles. The van der Waals surface area contributed by atoms with Crippen molar-refractivity contribution in [3.8, 4) is 0 Å². The van der Waals surface area contributed by atoms with Gasteiger partial charge < -0.3 is 0 Å². The Morgan fingerprint density at radius 2 is 1.65 bits per heavy atom. The molecule has 1 aromatic rings. The van der Waals surface area contributed by atoms with E-state index >= 15 is 0 Å². The van der Waals surface area contributed by atoms with Gasteiger partial charge in [0, 0.05) is 11.4 Å². The Morgan fingerprint density at radius 1 is 1.12 bits per heavy atom. The second-order valence-corrected chi connectivity index (χ2v) is 4.52. The van der Waals surface area contributed by atoms with Crippen molar-refractivity contribution in [2.45, 2.75) is 20.3 Å². The Bertz CT molecular complexity index is 453. The first-order chi connectivity index (χ1) is 7.91. The summed E-state index contributed by atoms with van der Waals surface area (Å²) in [5, 5.41) is 0. The van der Waals surface area contributed by atoms with Gasteiger partial charge in [0.15, 0.2) is 0 Å². The van der Waals surface area contributed by atoms with E-state index in [9.17, 15) is 14.4 Å². The number of imide groups is 1. The van der Waals surface area contributed by atoms with Crippen molar-refractivity contribution >= 4 is 39.2 Å². The number of benzene rings is 1. The van der Waals surface area contributed by atoms with Crippen LogP contribution >= 0.6 is 15.9 Å². The van der Waals surface area contributed by atoms with Crippen molar-refractivity contribution in [1.29, 1.82) is 0 Å². The molecular formula is C12H12BrNO3. The van der Waals surface area contributed by atoms with Gasteiger partial charge in [0.2, 0.25) is 11.8 Å². The van der Waals surface area contributed by atoms with Gasteiger partial charge in [-0.25, -0.2) is 0 Å². The standard InChI is InChI=1S/C12H12BrNO3/c1-8(15)7-12(17)14(9(2)16)11-5-3-10(13)4-6-11/h3-6H,7H2,1-2H3. The summed E-state index contributed by atoms with van der Waals surface area (Å²) in [5.74, 6) is -1.18. The van der Waals surface area contributed by atoms with E-state index in [0.29, 0.717) is 5.69 Å². The van der Waals surface area contributed by atoms with Crippen LogP contribution in [-0.4, -0.2) is 17.6 Å². The Morgan fingerprint density at radius 3 is 2.06 bits per heavy atom. The van der Waals surface area contributed by atoms with Crippen LogP contribution in [0.4, 0.5) is 5.69 Å². The molecule has 0 fully saturated rings. The molecule has 0 aliphatic carbocycles. The van der Waals surface area contributed by atoms with E-state index in [2.05, 4.69) is 15.9 Å². The van der Waals surface area contributed by atoms with Crippen molar-refractivity contribution < 1.29 is 14.4 Å². The van der Waals surface area contributed by atoms with Crippen LogP contribution in [0.25, 0.3) is 0 Å². The van der Waals surface area contributed by atoms with Crippen LogP contribution in [-0.2, 0) is 14.4 Å². The zero-order valence-electron chi connectivity index (χ0n) is 9.57. The number of nitrogens with zero attached hydrogens (tertiary/aromatic N) is 1. The number of halogens is 1. The molecule has 5 heteroatoms. The molecule has 0 bridgehead atoms. The molecular weight excluding hydrogens is 286 g/mol. The largest absolute Gasteiger partial charge is 0.299 e. The molecule has 0 atom stereocenters. The predicted octanol–water partition coefficient (Wildman–Crippen LogP) is 2.31. The Labute approximate surface area is 108 Å². The molecule has 4 nitrogen and oxygen atoms in total. The first-order valence-electron chi connectivity index (χ1n) is 5.00. The summed E-state index contributed by atoms with van der Waals surface area (Å²) in [6, 6.07) is 6.74. The maximum atomic E-state index is 11.8.